The van der Waals surface area contributed by atoms with Crippen molar-refractivity contribution in [2.75, 3.05) is 19.5 Å². The van der Waals surface area contributed by atoms with Gasteiger partial charge in [0.05, 0.1) is 12.3 Å². The molecule has 0 saturated heterocycles. The molecule has 1 aromatic carbocycles. The highest BCUT2D eigenvalue weighted by Gasteiger charge is 2.16. The fraction of sp³-hybridized carbons (Fsp3) is 0.375. The van der Waals surface area contributed by atoms with E-state index in [1.165, 1.54) is 10.5 Å². The number of benzene rings is 1. The fourth-order valence-corrected chi connectivity index (χ4v) is 2.96. The smallest absolute Gasteiger partial charge is 0.162 e. The third kappa shape index (κ3) is 3.19. The van der Waals surface area contributed by atoms with Crippen LogP contribution in [-0.2, 0) is 6.54 Å². The lowest BCUT2D eigenvalue weighted by Crippen LogP contribution is -2.19. The number of rotatable bonds is 5. The van der Waals surface area contributed by atoms with E-state index in [0.717, 1.165) is 23.8 Å². The van der Waals surface area contributed by atoms with Crippen LogP contribution in [-0.4, -0.2) is 19.5 Å². The number of furan rings is 1. The van der Waals surface area contributed by atoms with Gasteiger partial charge in [-0.05, 0) is 43.0 Å². The van der Waals surface area contributed by atoms with Crippen molar-refractivity contribution in [3.8, 4) is 11.5 Å². The highest BCUT2D eigenvalue weighted by Crippen LogP contribution is 2.36. The molecule has 0 bridgehead atoms. The summed E-state index contributed by atoms with van der Waals surface area (Å²) in [6, 6.07) is 8.19. The van der Waals surface area contributed by atoms with Crippen LogP contribution in [0.15, 0.2) is 39.8 Å². The lowest BCUT2D eigenvalue weighted by molar-refractivity contribution is 0.171. The zero-order valence-corrected chi connectivity index (χ0v) is 13.0. The molecule has 1 N–H and O–H groups in total. The molecule has 0 spiro atoms. The molecule has 0 radical (unpaired) electrons. The van der Waals surface area contributed by atoms with E-state index in [0.29, 0.717) is 13.2 Å². The monoisotopic (exact) mass is 305 g/mol. The molecular formula is C16H19NO3S. The number of nitrogens with one attached hydrogen (secondary N) is 1. The molecule has 21 heavy (non-hydrogen) atoms. The molecule has 0 saturated carbocycles. The van der Waals surface area contributed by atoms with Gasteiger partial charge in [0.2, 0.25) is 0 Å². The van der Waals surface area contributed by atoms with Gasteiger partial charge in [-0.1, -0.05) is 0 Å². The zero-order valence-electron chi connectivity index (χ0n) is 12.2. The van der Waals surface area contributed by atoms with Gasteiger partial charge < -0.3 is 19.2 Å². The van der Waals surface area contributed by atoms with Crippen LogP contribution in [0.25, 0.3) is 0 Å². The summed E-state index contributed by atoms with van der Waals surface area (Å²) >= 11 is 1.72. The van der Waals surface area contributed by atoms with Crippen LogP contribution in [0.1, 0.15) is 24.3 Å². The minimum atomic E-state index is 0.169. The highest BCUT2D eigenvalue weighted by atomic mass is 32.2. The molecule has 1 aromatic heterocycles. The number of fused-ring (bicyclic) bond motifs is 1. The first-order valence-corrected chi connectivity index (χ1v) is 8.23. The average Bonchev–Trinajstić information content (AvgIpc) is 3.06. The van der Waals surface area contributed by atoms with Crippen LogP contribution in [0, 0.1) is 0 Å². The lowest BCUT2D eigenvalue weighted by atomic mass is 10.1. The molecule has 0 aliphatic carbocycles. The van der Waals surface area contributed by atoms with Gasteiger partial charge in [-0.3, -0.25) is 0 Å². The van der Waals surface area contributed by atoms with E-state index in [2.05, 4.69) is 30.6 Å². The second kappa shape index (κ2) is 6.45. The molecular weight excluding hydrogens is 286 g/mol. The summed E-state index contributed by atoms with van der Waals surface area (Å²) in [5.41, 5.74) is 1.21. The Bertz CT molecular complexity index is 598. The third-order valence-electron chi connectivity index (χ3n) is 3.51. The van der Waals surface area contributed by atoms with Crippen molar-refractivity contribution >= 4 is 11.8 Å². The van der Waals surface area contributed by atoms with Gasteiger partial charge in [-0.15, -0.1) is 11.8 Å². The van der Waals surface area contributed by atoms with Crippen molar-refractivity contribution in [2.45, 2.75) is 24.4 Å². The van der Waals surface area contributed by atoms with Gasteiger partial charge in [0.25, 0.3) is 0 Å². The largest absolute Gasteiger partial charge is 0.486 e. The molecule has 3 rings (SSSR count). The predicted octanol–water partition coefficient (Wildman–Crippen LogP) is 3.62. The van der Waals surface area contributed by atoms with Gasteiger partial charge in [-0.2, -0.15) is 0 Å². The van der Waals surface area contributed by atoms with Crippen LogP contribution in [0.4, 0.5) is 0 Å². The van der Waals surface area contributed by atoms with Crippen LogP contribution in [0.2, 0.25) is 0 Å². The van der Waals surface area contributed by atoms with Gasteiger partial charge in [0, 0.05) is 11.4 Å². The van der Waals surface area contributed by atoms with Gasteiger partial charge in [0.1, 0.15) is 19.0 Å². The Morgan fingerprint density at radius 3 is 2.67 bits per heavy atom. The summed E-state index contributed by atoms with van der Waals surface area (Å²) in [6.45, 7) is 4.08. The van der Waals surface area contributed by atoms with E-state index in [4.69, 9.17) is 13.9 Å². The maximum absolute atomic E-state index is 5.66. The number of thioether (sulfide) groups is 1. The lowest BCUT2D eigenvalue weighted by Gasteiger charge is -2.21. The normalized spacial score (nSPS) is 15.0. The first kappa shape index (κ1) is 14.4. The quantitative estimate of drug-likeness (QED) is 0.855. The average molecular weight is 305 g/mol. The molecule has 112 valence electrons. The minimum absolute atomic E-state index is 0.169. The second-order valence-corrected chi connectivity index (χ2v) is 5.77. The maximum Gasteiger partial charge on any atom is 0.162 e. The Kier molecular flexibility index (Phi) is 4.41. The summed E-state index contributed by atoms with van der Waals surface area (Å²) < 4.78 is 16.7. The van der Waals surface area contributed by atoms with Gasteiger partial charge in [-0.25, -0.2) is 0 Å². The second-order valence-electron chi connectivity index (χ2n) is 4.93. The topological polar surface area (TPSA) is 43.6 Å². The van der Waals surface area contributed by atoms with E-state index in [9.17, 15) is 0 Å². The molecule has 2 heterocycles. The first-order chi connectivity index (χ1) is 10.3. The first-order valence-electron chi connectivity index (χ1n) is 7.01. The van der Waals surface area contributed by atoms with Crippen molar-refractivity contribution in [2.24, 2.45) is 0 Å². The molecule has 1 aliphatic rings. The van der Waals surface area contributed by atoms with Crippen LogP contribution >= 0.6 is 11.8 Å². The van der Waals surface area contributed by atoms with Crippen molar-refractivity contribution in [1.29, 1.82) is 0 Å². The summed E-state index contributed by atoms with van der Waals surface area (Å²) in [4.78, 5) is 1.21. The Morgan fingerprint density at radius 2 is 2.00 bits per heavy atom. The van der Waals surface area contributed by atoms with E-state index < -0.39 is 0 Å². The Balaban J connectivity index is 1.75. The summed E-state index contributed by atoms with van der Waals surface area (Å²) in [7, 11) is 0. The number of hydrogen-bond donors (Lipinski definition) is 1. The molecule has 0 amide bonds. The van der Waals surface area contributed by atoms with E-state index in [1.54, 1.807) is 18.0 Å². The Labute approximate surface area is 128 Å². The van der Waals surface area contributed by atoms with E-state index >= 15 is 0 Å². The Hall–Kier alpha value is -1.59. The van der Waals surface area contributed by atoms with Gasteiger partial charge >= 0.3 is 0 Å². The molecule has 1 atom stereocenters. The van der Waals surface area contributed by atoms with Gasteiger partial charge in [0.15, 0.2) is 11.5 Å². The van der Waals surface area contributed by atoms with Crippen molar-refractivity contribution in [1.82, 2.24) is 5.32 Å². The minimum Gasteiger partial charge on any atom is -0.486 e. The van der Waals surface area contributed by atoms with Crippen LogP contribution < -0.4 is 14.8 Å². The maximum atomic E-state index is 5.66. The predicted molar refractivity (Wildman–Crippen MR) is 83.2 cm³/mol. The SMILES string of the molecule is CSc1cc2c(cc1CNC(C)c1ccco1)OCCO2. The fourth-order valence-electron chi connectivity index (χ4n) is 2.34. The Morgan fingerprint density at radius 1 is 1.24 bits per heavy atom. The summed E-state index contributed by atoms with van der Waals surface area (Å²) in [5.74, 6) is 2.62. The molecule has 4 nitrogen and oxygen atoms in total. The van der Waals surface area contributed by atoms with Crippen molar-refractivity contribution in [3.63, 3.8) is 0 Å². The molecule has 2 aromatic rings. The van der Waals surface area contributed by atoms with Crippen LogP contribution in [0.3, 0.4) is 0 Å². The number of ether oxygens (including phenoxy) is 2. The molecule has 1 aliphatic heterocycles. The molecule has 5 heteroatoms. The standard InChI is InChI=1S/C16H19NO3S/c1-11(13-4-3-5-18-13)17-10-12-8-14-15(9-16(12)21-2)20-7-6-19-14/h3-5,8-9,11,17H,6-7,10H2,1-2H3. The third-order valence-corrected chi connectivity index (χ3v) is 4.33. The van der Waals surface area contributed by atoms with Crippen molar-refractivity contribution < 1.29 is 13.9 Å². The summed E-state index contributed by atoms with van der Waals surface area (Å²) in [6.07, 6.45) is 3.77. The van der Waals surface area contributed by atoms with Crippen molar-refractivity contribution in [3.05, 3.63) is 41.9 Å². The molecule has 1 unspecified atom stereocenters. The summed E-state index contributed by atoms with van der Waals surface area (Å²) in [5, 5.41) is 3.48. The number of hydrogen-bond acceptors (Lipinski definition) is 5. The van der Waals surface area contributed by atoms with Crippen LogP contribution in [0.5, 0.6) is 11.5 Å². The zero-order chi connectivity index (χ0) is 14.7. The van der Waals surface area contributed by atoms with E-state index in [1.807, 2.05) is 12.1 Å². The highest BCUT2D eigenvalue weighted by molar-refractivity contribution is 7.98. The molecule has 0 fully saturated rings. The van der Waals surface area contributed by atoms with E-state index in [-0.39, 0.29) is 6.04 Å².